The third kappa shape index (κ3) is 8.55. The fourth-order valence-corrected chi connectivity index (χ4v) is 1.99. The minimum atomic E-state index is 0.868. The lowest BCUT2D eigenvalue weighted by atomic mass is 9.93. The maximum absolute atomic E-state index is 5.48. The summed E-state index contributed by atoms with van der Waals surface area (Å²) in [6.07, 6.45) is 12.4. The molecule has 0 aliphatic carbocycles. The molecule has 86 valence electrons. The largest absolute Gasteiger partial charge is 0.330 e. The molecule has 1 atom stereocenters. The van der Waals surface area contributed by atoms with Crippen LogP contribution in [0.2, 0.25) is 0 Å². The molecule has 0 amide bonds. The Morgan fingerprint density at radius 1 is 0.857 bits per heavy atom. The minimum Gasteiger partial charge on any atom is -0.330 e. The van der Waals surface area contributed by atoms with E-state index in [9.17, 15) is 0 Å². The van der Waals surface area contributed by atoms with Crippen LogP contribution in [0.15, 0.2) is 0 Å². The zero-order chi connectivity index (χ0) is 10.6. The van der Waals surface area contributed by atoms with Crippen molar-refractivity contribution in [3.05, 3.63) is 0 Å². The lowest BCUT2D eigenvalue weighted by Crippen LogP contribution is -2.01. The van der Waals surface area contributed by atoms with Crippen molar-refractivity contribution in [2.24, 2.45) is 11.7 Å². The highest BCUT2D eigenvalue weighted by Gasteiger charge is 2.04. The van der Waals surface area contributed by atoms with Gasteiger partial charge in [-0.2, -0.15) is 0 Å². The van der Waals surface area contributed by atoms with Crippen LogP contribution < -0.4 is 5.73 Å². The lowest BCUT2D eigenvalue weighted by molar-refractivity contribution is 0.398. The van der Waals surface area contributed by atoms with Gasteiger partial charge in [0.2, 0.25) is 0 Å². The van der Waals surface area contributed by atoms with E-state index in [4.69, 9.17) is 5.73 Å². The van der Waals surface area contributed by atoms with E-state index in [0.717, 1.165) is 12.5 Å². The zero-order valence-electron chi connectivity index (χ0n) is 10.2. The standard InChI is InChI=1S/C13H29N/c1-3-5-7-10-13(4-2)11-8-6-9-12-14/h13H,3-12,14H2,1-2H3. The summed E-state index contributed by atoms with van der Waals surface area (Å²) in [5.41, 5.74) is 5.48. The van der Waals surface area contributed by atoms with Crippen molar-refractivity contribution < 1.29 is 0 Å². The Kier molecular flexibility index (Phi) is 11.0. The molecule has 1 nitrogen and oxygen atoms in total. The van der Waals surface area contributed by atoms with Crippen molar-refractivity contribution in [3.63, 3.8) is 0 Å². The maximum Gasteiger partial charge on any atom is -0.00773 e. The Labute approximate surface area is 90.5 Å². The van der Waals surface area contributed by atoms with Crippen molar-refractivity contribution in [2.75, 3.05) is 6.54 Å². The van der Waals surface area contributed by atoms with Crippen LogP contribution in [0, 0.1) is 5.92 Å². The summed E-state index contributed by atoms with van der Waals surface area (Å²) in [5, 5.41) is 0. The first kappa shape index (κ1) is 14.0. The highest BCUT2D eigenvalue weighted by atomic mass is 14.5. The molecule has 0 saturated heterocycles. The molecule has 1 heteroatoms. The Morgan fingerprint density at radius 3 is 2.00 bits per heavy atom. The summed E-state index contributed by atoms with van der Waals surface area (Å²) >= 11 is 0. The second-order valence-electron chi connectivity index (χ2n) is 4.41. The summed E-state index contributed by atoms with van der Waals surface area (Å²) in [5.74, 6) is 0.985. The molecule has 0 fully saturated rings. The molecule has 0 radical (unpaired) electrons. The monoisotopic (exact) mass is 199 g/mol. The third-order valence-corrected chi connectivity index (χ3v) is 3.11. The molecule has 0 rings (SSSR count). The van der Waals surface area contributed by atoms with E-state index in [-0.39, 0.29) is 0 Å². The second kappa shape index (κ2) is 11.0. The molecular weight excluding hydrogens is 170 g/mol. The van der Waals surface area contributed by atoms with Crippen molar-refractivity contribution in [3.8, 4) is 0 Å². The molecule has 0 heterocycles. The molecule has 0 aliphatic rings. The summed E-state index contributed by atoms with van der Waals surface area (Å²) in [7, 11) is 0. The Morgan fingerprint density at radius 2 is 1.50 bits per heavy atom. The SMILES string of the molecule is CCCCCC(CC)CCCCCN. The van der Waals surface area contributed by atoms with Gasteiger partial charge in [0.1, 0.15) is 0 Å². The molecule has 0 aromatic carbocycles. The van der Waals surface area contributed by atoms with Gasteiger partial charge in [-0.15, -0.1) is 0 Å². The van der Waals surface area contributed by atoms with Crippen LogP contribution in [0.5, 0.6) is 0 Å². The predicted molar refractivity (Wildman–Crippen MR) is 65.4 cm³/mol. The van der Waals surface area contributed by atoms with E-state index in [1.54, 1.807) is 0 Å². The van der Waals surface area contributed by atoms with Gasteiger partial charge in [0.25, 0.3) is 0 Å². The highest BCUT2D eigenvalue weighted by Crippen LogP contribution is 2.20. The fourth-order valence-electron chi connectivity index (χ4n) is 1.99. The molecule has 2 N–H and O–H groups in total. The van der Waals surface area contributed by atoms with Gasteiger partial charge in [0.05, 0.1) is 0 Å². The van der Waals surface area contributed by atoms with Crippen LogP contribution in [0.3, 0.4) is 0 Å². The van der Waals surface area contributed by atoms with Crippen LogP contribution in [0.1, 0.15) is 71.6 Å². The average Bonchev–Trinajstić information content (AvgIpc) is 2.22. The molecule has 1 unspecified atom stereocenters. The van der Waals surface area contributed by atoms with Gasteiger partial charge >= 0.3 is 0 Å². The topological polar surface area (TPSA) is 26.0 Å². The number of hydrogen-bond donors (Lipinski definition) is 1. The van der Waals surface area contributed by atoms with Crippen LogP contribution in [0.25, 0.3) is 0 Å². The van der Waals surface area contributed by atoms with Crippen LogP contribution in [-0.4, -0.2) is 6.54 Å². The van der Waals surface area contributed by atoms with Crippen molar-refractivity contribution >= 4 is 0 Å². The molecule has 0 aliphatic heterocycles. The molecule has 14 heavy (non-hydrogen) atoms. The smallest absolute Gasteiger partial charge is 0.00773 e. The lowest BCUT2D eigenvalue weighted by Gasteiger charge is -2.13. The Bertz CT molecular complexity index is 101. The normalized spacial score (nSPS) is 13.1. The van der Waals surface area contributed by atoms with Gasteiger partial charge in [-0.25, -0.2) is 0 Å². The quantitative estimate of drug-likeness (QED) is 0.526. The fraction of sp³-hybridized carbons (Fsp3) is 1.00. The summed E-state index contributed by atoms with van der Waals surface area (Å²) < 4.78 is 0. The summed E-state index contributed by atoms with van der Waals surface area (Å²) in [6.45, 7) is 5.48. The maximum atomic E-state index is 5.48. The summed E-state index contributed by atoms with van der Waals surface area (Å²) in [4.78, 5) is 0. The second-order valence-corrected chi connectivity index (χ2v) is 4.41. The third-order valence-electron chi connectivity index (χ3n) is 3.11. The molecule has 0 aromatic heterocycles. The molecule has 0 spiro atoms. The van der Waals surface area contributed by atoms with Crippen molar-refractivity contribution in [1.29, 1.82) is 0 Å². The first-order valence-electron chi connectivity index (χ1n) is 6.55. The van der Waals surface area contributed by atoms with E-state index in [1.807, 2.05) is 0 Å². The van der Waals surface area contributed by atoms with Gasteiger partial charge in [0, 0.05) is 0 Å². The van der Waals surface area contributed by atoms with Gasteiger partial charge in [-0.1, -0.05) is 65.2 Å². The number of unbranched alkanes of at least 4 members (excludes halogenated alkanes) is 4. The average molecular weight is 199 g/mol. The van der Waals surface area contributed by atoms with Gasteiger partial charge in [-0.3, -0.25) is 0 Å². The van der Waals surface area contributed by atoms with Crippen molar-refractivity contribution in [2.45, 2.75) is 71.6 Å². The van der Waals surface area contributed by atoms with Crippen molar-refractivity contribution in [1.82, 2.24) is 0 Å². The number of nitrogens with two attached hydrogens (primary N) is 1. The summed E-state index contributed by atoms with van der Waals surface area (Å²) in [6, 6.07) is 0. The van der Waals surface area contributed by atoms with Crippen LogP contribution >= 0.6 is 0 Å². The predicted octanol–water partition coefficient (Wildman–Crippen LogP) is 4.11. The molecular formula is C13H29N. The van der Waals surface area contributed by atoms with E-state index >= 15 is 0 Å². The van der Waals surface area contributed by atoms with E-state index in [2.05, 4.69) is 13.8 Å². The molecule has 0 aromatic rings. The Hall–Kier alpha value is -0.0400. The van der Waals surface area contributed by atoms with Crippen LogP contribution in [0.4, 0.5) is 0 Å². The highest BCUT2D eigenvalue weighted by molar-refractivity contribution is 4.58. The zero-order valence-corrected chi connectivity index (χ0v) is 10.2. The first-order valence-corrected chi connectivity index (χ1v) is 6.55. The van der Waals surface area contributed by atoms with Gasteiger partial charge in [-0.05, 0) is 18.9 Å². The van der Waals surface area contributed by atoms with Crippen LogP contribution in [-0.2, 0) is 0 Å². The number of hydrogen-bond acceptors (Lipinski definition) is 1. The van der Waals surface area contributed by atoms with Gasteiger partial charge in [0.15, 0.2) is 0 Å². The molecule has 0 bridgehead atoms. The van der Waals surface area contributed by atoms with E-state index < -0.39 is 0 Å². The first-order chi connectivity index (χ1) is 6.85. The van der Waals surface area contributed by atoms with E-state index in [1.165, 1.54) is 57.8 Å². The van der Waals surface area contributed by atoms with Gasteiger partial charge < -0.3 is 5.73 Å². The number of rotatable bonds is 10. The Balaban J connectivity index is 3.28. The molecule has 0 saturated carbocycles. The minimum absolute atomic E-state index is 0.868. The van der Waals surface area contributed by atoms with E-state index in [0.29, 0.717) is 0 Å².